The lowest BCUT2D eigenvalue weighted by molar-refractivity contribution is -0.221. The highest BCUT2D eigenvalue weighted by Gasteiger charge is 2.57. The maximum Gasteiger partial charge on any atom is 0.407 e. The van der Waals surface area contributed by atoms with Crippen molar-refractivity contribution in [3.8, 4) is 11.3 Å². The van der Waals surface area contributed by atoms with Crippen molar-refractivity contribution in [1.29, 1.82) is 0 Å². The van der Waals surface area contributed by atoms with Crippen LogP contribution in [-0.4, -0.2) is 102 Å². The largest absolute Gasteiger partial charge is 0.453 e. The summed E-state index contributed by atoms with van der Waals surface area (Å²) in [5, 5.41) is 21.1. The van der Waals surface area contributed by atoms with Crippen molar-refractivity contribution in [2.45, 2.75) is 71.3 Å². The van der Waals surface area contributed by atoms with Crippen molar-refractivity contribution in [3.05, 3.63) is 42.1 Å². The predicted octanol–water partition coefficient (Wildman–Crippen LogP) is 3.88. The number of aliphatic hydroxyl groups excluding tert-OH is 1. The van der Waals surface area contributed by atoms with Crippen LogP contribution in [0.4, 0.5) is 44.7 Å². The van der Waals surface area contributed by atoms with Gasteiger partial charge < -0.3 is 30.5 Å². The van der Waals surface area contributed by atoms with E-state index in [-0.39, 0.29) is 12.2 Å². The van der Waals surface area contributed by atoms with Gasteiger partial charge in [-0.3, -0.25) is 15.0 Å². The Morgan fingerprint density at radius 2 is 1.31 bits per heavy atom. The molecule has 0 fully saturated rings. The van der Waals surface area contributed by atoms with Crippen LogP contribution in [0.5, 0.6) is 0 Å². The van der Waals surface area contributed by atoms with E-state index in [9.17, 15) is 59.4 Å². The van der Waals surface area contributed by atoms with Crippen LogP contribution in [-0.2, 0) is 25.6 Å². The molecule has 1 aromatic carbocycles. The summed E-state index contributed by atoms with van der Waals surface area (Å²) in [6, 6.07) is 2.55. The van der Waals surface area contributed by atoms with Crippen LogP contribution in [0.25, 0.3) is 11.3 Å². The van der Waals surface area contributed by atoms with E-state index in [0.29, 0.717) is 43.5 Å². The number of halogens is 8. The quantitative estimate of drug-likeness (QED) is 0.133. The second-order valence-corrected chi connectivity index (χ2v) is 12.5. The molecule has 0 aliphatic rings. The Morgan fingerprint density at radius 3 is 1.73 bits per heavy atom. The third-order valence-electron chi connectivity index (χ3n) is 7.97. The lowest BCUT2D eigenvalue weighted by Gasteiger charge is -2.37. The molecule has 0 saturated heterocycles. The molecule has 0 saturated carbocycles. The highest BCUT2D eigenvalue weighted by atomic mass is 19.4. The van der Waals surface area contributed by atoms with Gasteiger partial charge in [-0.15, -0.1) is 0 Å². The van der Waals surface area contributed by atoms with Gasteiger partial charge in [-0.25, -0.2) is 19.3 Å². The molecule has 0 aliphatic heterocycles. The fourth-order valence-corrected chi connectivity index (χ4v) is 4.44. The van der Waals surface area contributed by atoms with Gasteiger partial charge in [0.05, 0.1) is 36.8 Å². The standard InChI is InChI=1S/C30H39F8N7O7/c1-27(2,29(33,34)35)20(40-25(49)51-5)22(47)39-13-18(46)15-44(43-23(48)21(41-26(50)52-6)28(3,4)30(36,37)38)14-16-7-9-17(10-8-16)19-11-12-45(42-19)24(31)32/h7-12,18,20-21,24,46H,13-15H2,1-6H3,(H,39,47)(H,40,49)(H,41,50)(H,43,48)/t18-,20?,21-/m1/s1. The molecule has 4 amide bonds. The first-order valence-corrected chi connectivity index (χ1v) is 15.1. The molecule has 5 N–H and O–H groups in total. The first-order valence-electron chi connectivity index (χ1n) is 15.1. The SMILES string of the molecule is COC(=O)NC(C(=O)NC[C@@H](O)CN(Cc1ccc(-c2ccn(C(F)F)n2)cc1)NC(=O)[C@@H](NC(=O)OC)C(C)(C)C(F)(F)F)C(C)(C)C(F)(F)F. The van der Waals surface area contributed by atoms with E-state index in [2.05, 4.69) is 25.3 Å². The zero-order chi connectivity index (χ0) is 39.8. The molecule has 3 atom stereocenters. The van der Waals surface area contributed by atoms with Gasteiger partial charge >= 0.3 is 31.1 Å². The van der Waals surface area contributed by atoms with E-state index in [1.165, 1.54) is 30.3 Å². The highest BCUT2D eigenvalue weighted by Crippen LogP contribution is 2.41. The molecule has 0 bridgehead atoms. The molecule has 2 aromatic rings. The minimum absolute atomic E-state index is 0.169. The Bertz CT molecular complexity index is 1530. The number of rotatable bonds is 15. The summed E-state index contributed by atoms with van der Waals surface area (Å²) in [6.45, 7) is -2.19. The lowest BCUT2D eigenvalue weighted by Crippen LogP contribution is -2.62. The number of methoxy groups -OCH3 is 2. The summed E-state index contributed by atoms with van der Waals surface area (Å²) >= 11 is 0. The average molecular weight is 762 g/mol. The minimum Gasteiger partial charge on any atom is -0.453 e. The summed E-state index contributed by atoms with van der Waals surface area (Å²) in [5.74, 6) is -2.81. The Balaban J connectivity index is 2.38. The van der Waals surface area contributed by atoms with Gasteiger partial charge in [0.1, 0.15) is 12.1 Å². The number of ether oxygens (including phenoxy) is 2. The van der Waals surface area contributed by atoms with Gasteiger partial charge in [-0.05, 0) is 39.3 Å². The first kappa shape index (κ1) is 43.4. The molecular formula is C30H39F8N7O7. The molecule has 0 spiro atoms. The van der Waals surface area contributed by atoms with Gasteiger partial charge in [0, 0.05) is 31.4 Å². The second kappa shape index (κ2) is 17.2. The molecule has 1 unspecified atom stereocenters. The third-order valence-corrected chi connectivity index (χ3v) is 7.97. The summed E-state index contributed by atoms with van der Waals surface area (Å²) in [4.78, 5) is 49.9. The van der Waals surface area contributed by atoms with Gasteiger partial charge in [0.15, 0.2) is 0 Å². The summed E-state index contributed by atoms with van der Waals surface area (Å²) in [6.07, 6.45) is -13.5. The fraction of sp³-hybridized carbons (Fsp3) is 0.567. The minimum atomic E-state index is -5.04. The van der Waals surface area contributed by atoms with Crippen LogP contribution in [0.15, 0.2) is 36.5 Å². The Labute approximate surface area is 292 Å². The zero-order valence-electron chi connectivity index (χ0n) is 28.7. The van der Waals surface area contributed by atoms with Gasteiger partial charge in [-0.2, -0.15) is 40.2 Å². The first-order chi connectivity index (χ1) is 23.8. The van der Waals surface area contributed by atoms with Crippen molar-refractivity contribution < 1.29 is 68.9 Å². The number of nitrogens with zero attached hydrogens (tertiary/aromatic N) is 3. The van der Waals surface area contributed by atoms with E-state index in [4.69, 9.17) is 0 Å². The fourth-order valence-electron chi connectivity index (χ4n) is 4.44. The zero-order valence-corrected chi connectivity index (χ0v) is 28.7. The smallest absolute Gasteiger partial charge is 0.407 e. The van der Waals surface area contributed by atoms with Crippen molar-refractivity contribution in [2.24, 2.45) is 10.8 Å². The van der Waals surface area contributed by atoms with Gasteiger partial charge in [-0.1, -0.05) is 24.3 Å². The number of alkyl halides is 8. The van der Waals surface area contributed by atoms with Crippen LogP contribution in [0.2, 0.25) is 0 Å². The van der Waals surface area contributed by atoms with Crippen LogP contribution in [0.3, 0.4) is 0 Å². The lowest BCUT2D eigenvalue weighted by atomic mass is 9.83. The van der Waals surface area contributed by atoms with E-state index in [1.807, 2.05) is 5.32 Å². The summed E-state index contributed by atoms with van der Waals surface area (Å²) < 4.78 is 118. The number of carbonyl (C=O) groups excluding carboxylic acids is 4. The maximum atomic E-state index is 14.0. The highest BCUT2D eigenvalue weighted by molar-refractivity contribution is 5.87. The van der Waals surface area contributed by atoms with Crippen LogP contribution in [0.1, 0.15) is 39.8 Å². The molecule has 2 rings (SSSR count). The van der Waals surface area contributed by atoms with E-state index >= 15 is 0 Å². The summed E-state index contributed by atoms with van der Waals surface area (Å²) in [5.41, 5.74) is -2.66. The normalized spacial score (nSPS) is 14.3. The topological polar surface area (TPSA) is 176 Å². The summed E-state index contributed by atoms with van der Waals surface area (Å²) in [7, 11) is 1.71. The van der Waals surface area contributed by atoms with Crippen LogP contribution >= 0.6 is 0 Å². The van der Waals surface area contributed by atoms with E-state index < -0.39 is 85.0 Å². The number of alkyl carbamates (subject to hydrolysis) is 2. The van der Waals surface area contributed by atoms with Crippen molar-refractivity contribution >= 4 is 24.0 Å². The molecule has 52 heavy (non-hydrogen) atoms. The number of aliphatic hydroxyl groups is 1. The molecule has 14 nitrogen and oxygen atoms in total. The van der Waals surface area contributed by atoms with Crippen molar-refractivity contribution in [1.82, 2.24) is 36.2 Å². The molecule has 292 valence electrons. The Kier molecular flexibility index (Phi) is 14.4. The van der Waals surface area contributed by atoms with E-state index in [0.717, 1.165) is 25.4 Å². The molecule has 22 heteroatoms. The number of nitrogens with one attached hydrogen (secondary N) is 4. The van der Waals surface area contributed by atoms with Gasteiger partial charge in [0.25, 0.3) is 5.91 Å². The number of benzene rings is 1. The molecular weight excluding hydrogens is 722 g/mol. The van der Waals surface area contributed by atoms with Crippen molar-refractivity contribution in [2.75, 3.05) is 27.3 Å². The number of aromatic nitrogens is 2. The van der Waals surface area contributed by atoms with Crippen molar-refractivity contribution in [3.63, 3.8) is 0 Å². The van der Waals surface area contributed by atoms with Gasteiger partial charge in [0.2, 0.25) is 5.91 Å². The number of hydrazine groups is 1. The molecule has 1 heterocycles. The monoisotopic (exact) mass is 761 g/mol. The van der Waals surface area contributed by atoms with E-state index in [1.54, 1.807) is 5.32 Å². The average Bonchev–Trinajstić information content (AvgIpc) is 3.54. The number of hydrogen-bond acceptors (Lipinski definition) is 9. The number of hydrogen-bond donors (Lipinski definition) is 5. The van der Waals surface area contributed by atoms with Crippen LogP contribution < -0.4 is 21.4 Å². The Morgan fingerprint density at radius 1 is 0.827 bits per heavy atom. The second-order valence-electron chi connectivity index (χ2n) is 12.5. The number of carbonyl (C=O) groups is 4. The predicted molar refractivity (Wildman–Crippen MR) is 165 cm³/mol. The molecule has 0 radical (unpaired) electrons. The Hall–Kier alpha value is -4.73. The molecule has 0 aliphatic carbocycles. The maximum absolute atomic E-state index is 14.0. The van der Waals surface area contributed by atoms with Crippen LogP contribution in [0, 0.1) is 10.8 Å². The third kappa shape index (κ3) is 11.1. The molecule has 1 aromatic heterocycles. The number of amides is 4.